The normalized spacial score (nSPS) is 14.5. The second kappa shape index (κ2) is 10.4. The highest BCUT2D eigenvalue weighted by Crippen LogP contribution is 2.44. The van der Waals surface area contributed by atoms with E-state index in [1.54, 1.807) is 54.6 Å². The van der Waals surface area contributed by atoms with Gasteiger partial charge in [0.2, 0.25) is 5.76 Å². The van der Waals surface area contributed by atoms with E-state index in [0.29, 0.717) is 45.2 Å². The van der Waals surface area contributed by atoms with E-state index in [1.165, 1.54) is 18.1 Å². The van der Waals surface area contributed by atoms with Gasteiger partial charge in [-0.15, -0.1) is 0 Å². The van der Waals surface area contributed by atoms with Crippen molar-refractivity contribution in [2.75, 3.05) is 25.2 Å². The van der Waals surface area contributed by atoms with Crippen molar-refractivity contribution in [2.24, 2.45) is 0 Å². The number of fused-ring (bicyclic) bond motifs is 2. The first-order chi connectivity index (χ1) is 18.4. The zero-order chi connectivity index (χ0) is 27.0. The molecule has 1 atom stereocenters. The highest BCUT2D eigenvalue weighted by Gasteiger charge is 2.44. The van der Waals surface area contributed by atoms with E-state index in [1.807, 2.05) is 6.92 Å². The van der Waals surface area contributed by atoms with E-state index in [-0.39, 0.29) is 34.3 Å². The molecule has 0 radical (unpaired) electrons. The van der Waals surface area contributed by atoms with Gasteiger partial charge in [0.1, 0.15) is 17.9 Å². The minimum Gasteiger partial charge on any atom is -0.495 e. The second-order valence-corrected chi connectivity index (χ2v) is 9.29. The maximum Gasteiger partial charge on any atom is 0.295 e. The Morgan fingerprint density at radius 3 is 2.50 bits per heavy atom. The fraction of sp³-hybridized carbons (Fsp3) is 0.172. The van der Waals surface area contributed by atoms with Gasteiger partial charge < -0.3 is 18.6 Å². The van der Waals surface area contributed by atoms with Crippen LogP contribution < -0.4 is 24.5 Å². The van der Waals surface area contributed by atoms with Crippen LogP contribution in [0.1, 0.15) is 34.6 Å². The van der Waals surface area contributed by atoms with Gasteiger partial charge in [0.05, 0.1) is 35.7 Å². The number of rotatable bonds is 8. The van der Waals surface area contributed by atoms with E-state index in [2.05, 4.69) is 6.58 Å². The van der Waals surface area contributed by atoms with Crippen molar-refractivity contribution in [2.45, 2.75) is 13.0 Å². The predicted octanol–water partition coefficient (Wildman–Crippen LogP) is 6.82. The molecule has 194 valence electrons. The molecule has 0 saturated carbocycles. The fourth-order valence-electron chi connectivity index (χ4n) is 4.56. The first kappa shape index (κ1) is 25.7. The lowest BCUT2D eigenvalue weighted by molar-refractivity contribution is 0.0971. The molecule has 7 nitrogen and oxygen atoms in total. The summed E-state index contributed by atoms with van der Waals surface area (Å²) >= 11 is 12.6. The summed E-state index contributed by atoms with van der Waals surface area (Å²) in [6.07, 6.45) is 1.63. The highest BCUT2D eigenvalue weighted by molar-refractivity contribution is 6.32. The van der Waals surface area contributed by atoms with Gasteiger partial charge in [0.25, 0.3) is 5.91 Å². The molecule has 0 bridgehead atoms. The van der Waals surface area contributed by atoms with E-state index in [4.69, 9.17) is 41.8 Å². The summed E-state index contributed by atoms with van der Waals surface area (Å²) in [5.74, 6) is 0.898. The number of ether oxygens (including phenoxy) is 3. The van der Waals surface area contributed by atoms with Gasteiger partial charge in [-0.25, -0.2) is 0 Å². The Kier molecular flexibility index (Phi) is 7.06. The van der Waals surface area contributed by atoms with Gasteiger partial charge in [-0.05, 0) is 61.0 Å². The highest BCUT2D eigenvalue weighted by atomic mass is 35.5. The molecule has 0 N–H and O–H groups in total. The van der Waals surface area contributed by atoms with Crippen LogP contribution in [0.5, 0.6) is 17.2 Å². The minimum absolute atomic E-state index is 0.0493. The number of methoxy groups -OCH3 is 1. The van der Waals surface area contributed by atoms with Gasteiger partial charge >= 0.3 is 0 Å². The van der Waals surface area contributed by atoms with Crippen molar-refractivity contribution >= 4 is 45.8 Å². The summed E-state index contributed by atoms with van der Waals surface area (Å²) in [7, 11) is 1.51. The molecular weight excluding hydrogens is 529 g/mol. The molecule has 1 aliphatic rings. The number of anilines is 1. The van der Waals surface area contributed by atoms with Crippen LogP contribution in [0.3, 0.4) is 0 Å². The number of amides is 1. The molecule has 0 fully saturated rings. The van der Waals surface area contributed by atoms with Gasteiger partial charge in [0, 0.05) is 10.7 Å². The number of carbonyl (C=O) groups excluding carboxylic acids is 1. The lowest BCUT2D eigenvalue weighted by Gasteiger charge is -2.26. The number of halogens is 2. The van der Waals surface area contributed by atoms with E-state index < -0.39 is 11.9 Å². The summed E-state index contributed by atoms with van der Waals surface area (Å²) in [6.45, 7) is 6.22. The van der Waals surface area contributed by atoms with Gasteiger partial charge in [0.15, 0.2) is 16.9 Å². The Hall–Kier alpha value is -3.94. The van der Waals surface area contributed by atoms with Crippen molar-refractivity contribution in [3.8, 4) is 17.2 Å². The third kappa shape index (κ3) is 4.38. The van der Waals surface area contributed by atoms with Crippen LogP contribution in [-0.4, -0.2) is 26.2 Å². The quantitative estimate of drug-likeness (QED) is 0.223. The van der Waals surface area contributed by atoms with Crippen molar-refractivity contribution in [3.05, 3.63) is 104 Å². The molecule has 5 rings (SSSR count). The summed E-state index contributed by atoms with van der Waals surface area (Å²) in [5.41, 5.74) is 1.19. The Morgan fingerprint density at radius 2 is 1.79 bits per heavy atom. The summed E-state index contributed by atoms with van der Waals surface area (Å²) in [4.78, 5) is 29.2. The molecule has 38 heavy (non-hydrogen) atoms. The smallest absolute Gasteiger partial charge is 0.295 e. The molecule has 1 aliphatic heterocycles. The Morgan fingerprint density at radius 1 is 1.00 bits per heavy atom. The zero-order valence-electron chi connectivity index (χ0n) is 20.6. The molecule has 0 aliphatic carbocycles. The Bertz CT molecular complexity index is 1630. The van der Waals surface area contributed by atoms with Crippen LogP contribution >= 0.6 is 23.2 Å². The van der Waals surface area contributed by atoms with E-state index in [0.717, 1.165) is 0 Å². The first-order valence-electron chi connectivity index (χ1n) is 11.8. The molecule has 9 heteroatoms. The summed E-state index contributed by atoms with van der Waals surface area (Å²) < 4.78 is 22.9. The molecule has 3 aromatic carbocycles. The van der Waals surface area contributed by atoms with E-state index in [9.17, 15) is 9.59 Å². The van der Waals surface area contributed by atoms with Crippen LogP contribution in [0.2, 0.25) is 10.0 Å². The van der Waals surface area contributed by atoms with Crippen LogP contribution in [0.15, 0.2) is 76.5 Å². The molecule has 4 aromatic rings. The molecule has 0 saturated heterocycles. The van der Waals surface area contributed by atoms with Crippen molar-refractivity contribution in [3.63, 3.8) is 0 Å². The number of nitrogens with zero attached hydrogens (tertiary/aromatic N) is 1. The maximum atomic E-state index is 13.9. The van der Waals surface area contributed by atoms with Crippen molar-refractivity contribution in [1.82, 2.24) is 0 Å². The van der Waals surface area contributed by atoms with Crippen molar-refractivity contribution in [1.29, 1.82) is 0 Å². The Labute approximate surface area is 228 Å². The third-order valence-corrected chi connectivity index (χ3v) is 6.72. The van der Waals surface area contributed by atoms with E-state index >= 15 is 0 Å². The van der Waals surface area contributed by atoms with Gasteiger partial charge in [-0.1, -0.05) is 41.9 Å². The SMILES string of the molecule is C=CCOc1ccc(C2c3c(oc4ccc(Cl)cc4c3=O)C(=O)N2c2ccc(OC)c(Cl)c2)cc1OCC. The molecule has 1 amide bonds. The monoisotopic (exact) mass is 551 g/mol. The molecule has 0 spiro atoms. The molecule has 1 unspecified atom stereocenters. The molecule has 2 heterocycles. The van der Waals surface area contributed by atoms with Crippen LogP contribution in [0.4, 0.5) is 5.69 Å². The topological polar surface area (TPSA) is 78.2 Å². The third-order valence-electron chi connectivity index (χ3n) is 6.19. The lowest BCUT2D eigenvalue weighted by atomic mass is 9.97. The van der Waals surface area contributed by atoms with Gasteiger partial charge in [-0.2, -0.15) is 0 Å². The first-order valence-corrected chi connectivity index (χ1v) is 12.6. The minimum atomic E-state index is -0.839. The van der Waals surface area contributed by atoms with Crippen LogP contribution in [-0.2, 0) is 0 Å². The summed E-state index contributed by atoms with van der Waals surface area (Å²) in [6, 6.07) is 14.1. The molecular formula is C29H23Cl2NO6. The maximum absolute atomic E-state index is 13.9. The van der Waals surface area contributed by atoms with Gasteiger partial charge in [-0.3, -0.25) is 14.5 Å². The van der Waals surface area contributed by atoms with Crippen LogP contribution in [0.25, 0.3) is 11.0 Å². The zero-order valence-corrected chi connectivity index (χ0v) is 22.1. The molecule has 1 aromatic heterocycles. The number of benzene rings is 3. The lowest BCUT2D eigenvalue weighted by Crippen LogP contribution is -2.29. The average molecular weight is 552 g/mol. The fourth-order valence-corrected chi connectivity index (χ4v) is 4.99. The predicted molar refractivity (Wildman–Crippen MR) is 147 cm³/mol. The second-order valence-electron chi connectivity index (χ2n) is 8.45. The average Bonchev–Trinajstić information content (AvgIpc) is 3.20. The number of hydrogen-bond acceptors (Lipinski definition) is 6. The number of hydrogen-bond donors (Lipinski definition) is 0. The standard InChI is InChI=1S/C29H23Cl2NO6/c1-4-12-37-23-9-6-16(13-24(23)36-5-2)26-25-27(33)19-14-17(30)7-10-21(19)38-28(25)29(34)32(26)18-8-11-22(35-3)20(31)15-18/h4,6-11,13-15,26H,1,5,12H2,2-3H3. The van der Waals surface area contributed by atoms with Crippen molar-refractivity contribution < 1.29 is 23.4 Å². The Balaban J connectivity index is 1.76. The van der Waals surface area contributed by atoms with Crippen LogP contribution in [0, 0.1) is 0 Å². The largest absolute Gasteiger partial charge is 0.495 e. The number of carbonyl (C=O) groups is 1. The summed E-state index contributed by atoms with van der Waals surface area (Å²) in [5, 5.41) is 0.971.